The Labute approximate surface area is 176 Å². The van der Waals surface area contributed by atoms with E-state index in [0.29, 0.717) is 0 Å². The summed E-state index contributed by atoms with van der Waals surface area (Å²) >= 11 is 4.64. The van der Waals surface area contributed by atoms with Crippen molar-refractivity contribution in [2.45, 2.75) is 12.8 Å². The number of fused-ring (bicyclic) bond motifs is 3. The van der Waals surface area contributed by atoms with Gasteiger partial charge in [0.2, 0.25) is 0 Å². The number of alkyl halides is 1. The maximum atomic E-state index is 4.64. The smallest absolute Gasteiger partial charge is 0.358 e. The van der Waals surface area contributed by atoms with Gasteiger partial charge in [0.1, 0.15) is 0 Å². The molecule has 121 valence electrons. The van der Waals surface area contributed by atoms with Crippen molar-refractivity contribution in [3.05, 3.63) is 92.2 Å². The van der Waals surface area contributed by atoms with Crippen LogP contribution >= 0.6 is 11.6 Å². The summed E-state index contributed by atoms with van der Waals surface area (Å²) in [4.78, 5) is 0. The van der Waals surface area contributed by atoms with Crippen molar-refractivity contribution in [3.63, 3.8) is 0 Å². The van der Waals surface area contributed by atoms with Crippen LogP contribution in [-0.4, -0.2) is 17.3 Å². The third kappa shape index (κ3) is 4.69. The first-order chi connectivity index (χ1) is 9.93. The van der Waals surface area contributed by atoms with Crippen molar-refractivity contribution in [3.8, 4) is 11.1 Å². The molecule has 5 radical (unpaired) electrons. The molecule has 4 rings (SSSR count). The summed E-state index contributed by atoms with van der Waals surface area (Å²) in [5, 5.41) is 0. The van der Waals surface area contributed by atoms with E-state index in [4.69, 9.17) is 0 Å². The molecule has 0 spiro atoms. The number of benzene rings is 2. The van der Waals surface area contributed by atoms with E-state index in [0.717, 1.165) is 12.8 Å². The monoisotopic (exact) mass is 427 g/mol. The molecular formula is C21H22ClSiZr. The molecule has 0 bridgehead atoms. The molecule has 0 unspecified atom stereocenters. The van der Waals surface area contributed by atoms with Gasteiger partial charge in [0.05, 0.1) is 0 Å². The van der Waals surface area contributed by atoms with E-state index in [1.807, 2.05) is 0 Å². The van der Waals surface area contributed by atoms with Crippen LogP contribution in [0.4, 0.5) is 0 Å². The summed E-state index contributed by atoms with van der Waals surface area (Å²) in [7, 11) is 0. The number of rotatable bonds is 1. The first-order valence-corrected chi connectivity index (χ1v) is 7.55. The van der Waals surface area contributed by atoms with Gasteiger partial charge < -0.3 is 14.9 Å². The maximum Gasteiger partial charge on any atom is 3.00 e. The second kappa shape index (κ2) is 11.8. The fraction of sp³-hybridized carbons (Fsp3) is 0.143. The van der Waals surface area contributed by atoms with E-state index < -0.39 is 0 Å². The van der Waals surface area contributed by atoms with E-state index in [1.165, 1.54) is 39.8 Å². The Kier molecular flexibility index (Phi) is 12.6. The molecule has 3 heteroatoms. The zero-order valence-electron chi connectivity index (χ0n) is 14.5. The Balaban J connectivity index is 0. The van der Waals surface area contributed by atoms with E-state index in [9.17, 15) is 0 Å². The molecule has 0 aromatic heterocycles. The van der Waals surface area contributed by atoms with Crippen molar-refractivity contribution >= 4 is 28.1 Å². The molecule has 0 heterocycles. The van der Waals surface area contributed by atoms with Crippen molar-refractivity contribution in [1.82, 2.24) is 0 Å². The Hall–Kier alpha value is -0.690. The second-order valence-electron chi connectivity index (χ2n) is 4.86. The Morgan fingerprint density at radius 2 is 1.50 bits per heavy atom. The zero-order valence-corrected chi connectivity index (χ0v) is 18.7. The molecule has 0 N–H and O–H groups in total. The molecule has 0 atom stereocenters. The molecule has 2 aliphatic rings. The average Bonchev–Trinajstić information content (AvgIpc) is 3.16. The van der Waals surface area contributed by atoms with Gasteiger partial charge in [-0.25, -0.2) is 0 Å². The van der Waals surface area contributed by atoms with E-state index >= 15 is 0 Å². The Morgan fingerprint density at radius 1 is 0.875 bits per heavy atom. The zero-order chi connectivity index (χ0) is 13.9. The van der Waals surface area contributed by atoms with Crippen LogP contribution in [0.3, 0.4) is 0 Å². The molecule has 0 saturated carbocycles. The molecular weight excluding hydrogens is 407 g/mol. The quantitative estimate of drug-likeness (QED) is 0.262. The van der Waals surface area contributed by atoms with Crippen LogP contribution < -0.4 is 0 Å². The Bertz CT molecular complexity index is 705. The van der Waals surface area contributed by atoms with Crippen molar-refractivity contribution < 1.29 is 26.2 Å². The van der Waals surface area contributed by atoms with E-state index in [-0.39, 0.29) is 52.0 Å². The van der Waals surface area contributed by atoms with Gasteiger partial charge in [0, 0.05) is 17.3 Å². The Morgan fingerprint density at radius 3 is 2.17 bits per heavy atom. The molecule has 0 nitrogen and oxygen atoms in total. The standard InChI is InChI=1S/C18H13.CH3Cl.2CH3.Si.Zr/c1-2-7-13(6-1)15-10-5-11-17-16-9-4-3-8-14(16)12-18(15)17;1-2;;;;/h1,3-6,8-11H,2,12H2;1H3;2*1H3;;/q-1;;2*-1;;+3. The molecule has 0 fully saturated rings. The van der Waals surface area contributed by atoms with Crippen molar-refractivity contribution in [2.24, 2.45) is 0 Å². The molecule has 2 aromatic carbocycles. The van der Waals surface area contributed by atoms with E-state index in [1.54, 1.807) is 0 Å². The molecule has 0 amide bonds. The van der Waals surface area contributed by atoms with Crippen LogP contribution in [0, 0.1) is 20.9 Å². The molecule has 0 aliphatic heterocycles. The van der Waals surface area contributed by atoms with Gasteiger partial charge in [0.25, 0.3) is 0 Å². The number of halogens is 1. The maximum absolute atomic E-state index is 4.64. The third-order valence-corrected chi connectivity index (χ3v) is 3.84. The van der Waals surface area contributed by atoms with Crippen LogP contribution in [0.2, 0.25) is 0 Å². The minimum atomic E-state index is 0. The number of hydrogen-bond donors (Lipinski definition) is 0. The van der Waals surface area contributed by atoms with Gasteiger partial charge in [-0.15, -0.1) is 29.3 Å². The summed E-state index contributed by atoms with van der Waals surface area (Å²) in [6.07, 6.45) is 11.3. The second-order valence-corrected chi connectivity index (χ2v) is 4.86. The molecule has 24 heavy (non-hydrogen) atoms. The van der Waals surface area contributed by atoms with Crippen molar-refractivity contribution in [2.75, 3.05) is 6.38 Å². The van der Waals surface area contributed by atoms with Gasteiger partial charge in [-0.05, 0) is 23.1 Å². The fourth-order valence-corrected chi connectivity index (χ4v) is 3.00. The molecule has 0 saturated heterocycles. The van der Waals surface area contributed by atoms with Crippen LogP contribution in [-0.2, 0) is 32.6 Å². The van der Waals surface area contributed by atoms with Gasteiger partial charge in [-0.1, -0.05) is 48.4 Å². The summed E-state index contributed by atoms with van der Waals surface area (Å²) < 4.78 is 0. The normalized spacial score (nSPS) is 11.8. The predicted molar refractivity (Wildman–Crippen MR) is 105 cm³/mol. The number of allylic oxidation sites excluding steroid dienone is 4. The summed E-state index contributed by atoms with van der Waals surface area (Å²) in [5.74, 6) is 0. The van der Waals surface area contributed by atoms with Crippen LogP contribution in [0.25, 0.3) is 16.7 Å². The van der Waals surface area contributed by atoms with E-state index in [2.05, 4.69) is 72.3 Å². The number of hydrogen-bond acceptors (Lipinski definition) is 0. The van der Waals surface area contributed by atoms with Crippen LogP contribution in [0.15, 0.2) is 54.6 Å². The van der Waals surface area contributed by atoms with Crippen LogP contribution in [0.1, 0.15) is 23.1 Å². The summed E-state index contributed by atoms with van der Waals surface area (Å²) in [5.41, 5.74) is 8.34. The van der Waals surface area contributed by atoms with Crippen molar-refractivity contribution in [1.29, 1.82) is 0 Å². The fourth-order valence-electron chi connectivity index (χ4n) is 3.00. The van der Waals surface area contributed by atoms with Crippen LogP contribution in [0.5, 0.6) is 0 Å². The summed E-state index contributed by atoms with van der Waals surface area (Å²) in [6.45, 7) is 0. The first kappa shape index (κ1) is 25.5. The predicted octanol–water partition coefficient (Wildman–Crippen LogP) is 5.78. The van der Waals surface area contributed by atoms with Gasteiger partial charge in [-0.2, -0.15) is 17.7 Å². The first-order valence-electron chi connectivity index (χ1n) is 6.79. The largest absolute Gasteiger partial charge is 3.00 e. The molecule has 2 aromatic rings. The van der Waals surface area contributed by atoms with Gasteiger partial charge in [-0.3, -0.25) is 0 Å². The van der Waals surface area contributed by atoms with Gasteiger partial charge in [0.15, 0.2) is 0 Å². The molecule has 2 aliphatic carbocycles. The SMILES string of the molecule is CCl.[C-]1=C(c2cccc3c2Cc2ccccc2-3)C=CC1.[CH3-].[CH3-].[Si].[Zr+3]. The topological polar surface area (TPSA) is 0 Å². The van der Waals surface area contributed by atoms with Gasteiger partial charge >= 0.3 is 26.2 Å². The minimum absolute atomic E-state index is 0. The summed E-state index contributed by atoms with van der Waals surface area (Å²) in [6, 6.07) is 15.4. The average molecular weight is 429 g/mol. The minimum Gasteiger partial charge on any atom is -0.358 e. The third-order valence-electron chi connectivity index (χ3n) is 3.84.